The van der Waals surface area contributed by atoms with E-state index in [-0.39, 0.29) is 0 Å². The highest BCUT2D eigenvalue weighted by molar-refractivity contribution is 5.57. The van der Waals surface area contributed by atoms with E-state index in [2.05, 4.69) is 56.1 Å². The fourth-order valence-corrected chi connectivity index (χ4v) is 3.31. The molecule has 2 nitrogen and oxygen atoms in total. The predicted molar refractivity (Wildman–Crippen MR) is 84.1 cm³/mol. The molecule has 0 amide bonds. The van der Waals surface area contributed by atoms with Crippen LogP contribution in [0.1, 0.15) is 44.7 Å². The Bertz CT molecular complexity index is 414. The molecule has 2 atom stereocenters. The van der Waals surface area contributed by atoms with Crippen molar-refractivity contribution < 1.29 is 0 Å². The summed E-state index contributed by atoms with van der Waals surface area (Å²) in [4.78, 5) is 2.61. The first-order valence-corrected chi connectivity index (χ1v) is 7.76. The lowest BCUT2D eigenvalue weighted by Gasteiger charge is -2.40. The molecule has 0 saturated heterocycles. The minimum absolute atomic E-state index is 0.562. The van der Waals surface area contributed by atoms with Gasteiger partial charge in [0.25, 0.3) is 0 Å². The lowest BCUT2D eigenvalue weighted by atomic mass is 9.96. The van der Waals surface area contributed by atoms with Crippen molar-refractivity contribution in [1.82, 2.24) is 5.32 Å². The first kappa shape index (κ1) is 14.4. The van der Waals surface area contributed by atoms with E-state index in [1.165, 1.54) is 42.6 Å². The molecule has 2 rings (SSSR count). The molecule has 1 heterocycles. The molecule has 1 aromatic carbocycles. The number of benzene rings is 1. The van der Waals surface area contributed by atoms with Gasteiger partial charge >= 0.3 is 0 Å². The minimum atomic E-state index is 0.562. The Labute approximate surface area is 118 Å². The van der Waals surface area contributed by atoms with E-state index in [0.717, 1.165) is 6.54 Å². The normalized spacial score (nSPS) is 18.0. The summed E-state index contributed by atoms with van der Waals surface area (Å²) in [5, 5.41) is 3.63. The first-order chi connectivity index (χ1) is 9.17. The summed E-state index contributed by atoms with van der Waals surface area (Å²) in [6, 6.07) is 8.07. The average Bonchev–Trinajstić information content (AvgIpc) is 2.43. The molecule has 2 unspecified atom stereocenters. The van der Waals surface area contributed by atoms with Crippen molar-refractivity contribution in [3.8, 4) is 0 Å². The molecule has 1 aromatic rings. The van der Waals surface area contributed by atoms with Gasteiger partial charge in [-0.15, -0.1) is 0 Å². The van der Waals surface area contributed by atoms with Crippen molar-refractivity contribution >= 4 is 5.69 Å². The van der Waals surface area contributed by atoms with Crippen LogP contribution in [0, 0.1) is 6.92 Å². The molecule has 106 valence electrons. The van der Waals surface area contributed by atoms with E-state index in [0.29, 0.717) is 12.1 Å². The standard InChI is InChI=1S/C17H28N2/c1-5-16(18-6-2)14(4)19-11-7-8-15-12-13(3)9-10-17(15)19/h9-10,12,14,16,18H,5-8,11H2,1-4H3. The second-order valence-electron chi connectivity index (χ2n) is 5.74. The van der Waals surface area contributed by atoms with Crippen LogP contribution in [0.2, 0.25) is 0 Å². The van der Waals surface area contributed by atoms with Crippen molar-refractivity contribution in [1.29, 1.82) is 0 Å². The molecule has 0 aliphatic carbocycles. The molecular formula is C17H28N2. The zero-order valence-corrected chi connectivity index (χ0v) is 12.9. The monoisotopic (exact) mass is 260 g/mol. The number of anilines is 1. The van der Waals surface area contributed by atoms with E-state index in [1.807, 2.05) is 0 Å². The van der Waals surface area contributed by atoms with Gasteiger partial charge in [-0.1, -0.05) is 31.5 Å². The Morgan fingerprint density at radius 1 is 1.32 bits per heavy atom. The smallest absolute Gasteiger partial charge is 0.0414 e. The van der Waals surface area contributed by atoms with Gasteiger partial charge < -0.3 is 10.2 Å². The van der Waals surface area contributed by atoms with Gasteiger partial charge in [0.05, 0.1) is 0 Å². The number of likely N-dealkylation sites (N-methyl/N-ethyl adjacent to an activating group) is 1. The van der Waals surface area contributed by atoms with Crippen LogP contribution in [0.4, 0.5) is 5.69 Å². The maximum Gasteiger partial charge on any atom is 0.0414 e. The molecule has 2 heteroatoms. The molecule has 1 aliphatic heterocycles. The lowest BCUT2D eigenvalue weighted by molar-refractivity contribution is 0.416. The number of hydrogen-bond donors (Lipinski definition) is 1. The summed E-state index contributed by atoms with van der Waals surface area (Å²) in [6.45, 7) is 11.3. The first-order valence-electron chi connectivity index (χ1n) is 7.76. The fraction of sp³-hybridized carbons (Fsp3) is 0.647. The van der Waals surface area contributed by atoms with Crippen molar-refractivity contribution in [2.24, 2.45) is 0 Å². The molecule has 0 aromatic heterocycles. The molecule has 0 spiro atoms. The minimum Gasteiger partial charge on any atom is -0.367 e. The van der Waals surface area contributed by atoms with Crippen molar-refractivity contribution in [3.63, 3.8) is 0 Å². The van der Waals surface area contributed by atoms with Crippen LogP contribution in [-0.4, -0.2) is 25.2 Å². The Morgan fingerprint density at radius 2 is 2.11 bits per heavy atom. The topological polar surface area (TPSA) is 15.3 Å². The third kappa shape index (κ3) is 3.11. The molecule has 0 fully saturated rings. The highest BCUT2D eigenvalue weighted by atomic mass is 15.2. The highest BCUT2D eigenvalue weighted by Crippen LogP contribution is 2.30. The van der Waals surface area contributed by atoms with Crippen molar-refractivity contribution in [2.45, 2.75) is 59.0 Å². The summed E-state index contributed by atoms with van der Waals surface area (Å²) < 4.78 is 0. The number of rotatable bonds is 5. The van der Waals surface area contributed by atoms with Gasteiger partial charge in [-0.05, 0) is 51.3 Å². The fourth-order valence-electron chi connectivity index (χ4n) is 3.31. The van der Waals surface area contributed by atoms with Gasteiger partial charge in [0.2, 0.25) is 0 Å². The molecule has 19 heavy (non-hydrogen) atoms. The molecule has 1 N–H and O–H groups in total. The van der Waals surface area contributed by atoms with Crippen LogP contribution >= 0.6 is 0 Å². The largest absolute Gasteiger partial charge is 0.367 e. The van der Waals surface area contributed by atoms with E-state index in [4.69, 9.17) is 0 Å². The van der Waals surface area contributed by atoms with Gasteiger partial charge in [0, 0.05) is 24.3 Å². The summed E-state index contributed by atoms with van der Waals surface area (Å²) in [6.07, 6.45) is 3.70. The SMILES string of the molecule is CCNC(CC)C(C)N1CCCc2cc(C)ccc21. The lowest BCUT2D eigenvalue weighted by Crippen LogP contribution is -2.50. The van der Waals surface area contributed by atoms with E-state index < -0.39 is 0 Å². The number of nitrogens with one attached hydrogen (secondary N) is 1. The Morgan fingerprint density at radius 3 is 2.79 bits per heavy atom. The van der Waals surface area contributed by atoms with Crippen molar-refractivity contribution in [2.75, 3.05) is 18.0 Å². The van der Waals surface area contributed by atoms with Crippen LogP contribution in [0.5, 0.6) is 0 Å². The summed E-state index contributed by atoms with van der Waals surface area (Å²) in [5.41, 5.74) is 4.37. The second kappa shape index (κ2) is 6.42. The Kier molecular flexibility index (Phi) is 4.87. The van der Waals surface area contributed by atoms with Gasteiger partial charge in [-0.3, -0.25) is 0 Å². The number of aryl methyl sites for hydroxylation is 2. The molecule has 0 radical (unpaired) electrons. The quantitative estimate of drug-likeness (QED) is 0.871. The van der Waals surface area contributed by atoms with E-state index in [9.17, 15) is 0 Å². The maximum atomic E-state index is 3.63. The van der Waals surface area contributed by atoms with Gasteiger partial charge in [-0.2, -0.15) is 0 Å². The van der Waals surface area contributed by atoms with Crippen molar-refractivity contribution in [3.05, 3.63) is 29.3 Å². The maximum absolute atomic E-state index is 3.63. The third-order valence-corrected chi connectivity index (χ3v) is 4.37. The molecule has 1 aliphatic rings. The van der Waals surface area contributed by atoms with Crippen LogP contribution < -0.4 is 10.2 Å². The average molecular weight is 260 g/mol. The molecule has 0 saturated carbocycles. The zero-order valence-electron chi connectivity index (χ0n) is 12.9. The number of hydrogen-bond acceptors (Lipinski definition) is 2. The van der Waals surface area contributed by atoms with Crippen LogP contribution in [0.25, 0.3) is 0 Å². The third-order valence-electron chi connectivity index (χ3n) is 4.37. The van der Waals surface area contributed by atoms with Crippen LogP contribution in [-0.2, 0) is 6.42 Å². The van der Waals surface area contributed by atoms with Crippen LogP contribution in [0.15, 0.2) is 18.2 Å². The Hall–Kier alpha value is -1.02. The van der Waals surface area contributed by atoms with Crippen LogP contribution in [0.3, 0.4) is 0 Å². The second-order valence-corrected chi connectivity index (χ2v) is 5.74. The molecule has 0 bridgehead atoms. The zero-order chi connectivity index (χ0) is 13.8. The highest BCUT2D eigenvalue weighted by Gasteiger charge is 2.25. The van der Waals surface area contributed by atoms with Gasteiger partial charge in [-0.25, -0.2) is 0 Å². The Balaban J connectivity index is 2.22. The summed E-state index contributed by atoms with van der Waals surface area (Å²) in [7, 11) is 0. The number of fused-ring (bicyclic) bond motifs is 1. The molecular weight excluding hydrogens is 232 g/mol. The van der Waals surface area contributed by atoms with E-state index >= 15 is 0 Å². The predicted octanol–water partition coefficient (Wildman–Crippen LogP) is 3.52. The van der Waals surface area contributed by atoms with Gasteiger partial charge in [0.15, 0.2) is 0 Å². The summed E-state index contributed by atoms with van der Waals surface area (Å²) >= 11 is 0. The van der Waals surface area contributed by atoms with E-state index in [1.54, 1.807) is 0 Å². The van der Waals surface area contributed by atoms with Gasteiger partial charge in [0.1, 0.15) is 0 Å². The number of nitrogens with zero attached hydrogens (tertiary/aromatic N) is 1. The summed E-state index contributed by atoms with van der Waals surface area (Å²) in [5.74, 6) is 0.